The average molecular weight is 487 g/mol. The number of ether oxygens (including phenoxy) is 1. The maximum Gasteiger partial charge on any atom is 0.268 e. The number of rotatable bonds is 7. The Morgan fingerprint density at radius 2 is 2.00 bits per heavy atom. The molecular weight excluding hydrogens is 464 g/mol. The second kappa shape index (κ2) is 8.14. The molecule has 172 valence electrons. The van der Waals surface area contributed by atoms with Crippen molar-refractivity contribution in [3.8, 4) is 11.7 Å². The van der Waals surface area contributed by atoms with Crippen molar-refractivity contribution in [1.82, 2.24) is 19.5 Å². The van der Waals surface area contributed by atoms with Crippen LogP contribution in [-0.2, 0) is 10.0 Å². The lowest BCUT2D eigenvalue weighted by Gasteiger charge is -2.36. The number of sulfonamides is 1. The van der Waals surface area contributed by atoms with Crippen molar-refractivity contribution >= 4 is 27.5 Å². The number of pyridine rings is 1. The van der Waals surface area contributed by atoms with Gasteiger partial charge in [-0.2, -0.15) is 0 Å². The van der Waals surface area contributed by atoms with E-state index >= 15 is 0 Å². The molecule has 1 aromatic carbocycles. The van der Waals surface area contributed by atoms with Gasteiger partial charge in [0.15, 0.2) is 5.82 Å². The zero-order chi connectivity index (χ0) is 23.2. The van der Waals surface area contributed by atoms with Crippen LogP contribution in [-0.4, -0.2) is 35.7 Å². The standard InChI is InChI=1S/C23H23ClN4O4S/c1-15-4-2-3-5-18(15)33(30,31)27-22(29)17-6-7-19(25-21(17)24)28-13-9-20(26-28)32-14-16-8-10-23(16)11-12-23/h2-7,9,13,16H,8,10-12,14H2,1H3,(H,27,29). The van der Waals surface area contributed by atoms with E-state index in [4.69, 9.17) is 16.3 Å². The van der Waals surface area contributed by atoms with Crippen molar-refractivity contribution in [2.75, 3.05) is 6.61 Å². The van der Waals surface area contributed by atoms with E-state index in [1.54, 1.807) is 43.5 Å². The van der Waals surface area contributed by atoms with Crippen LogP contribution in [0.2, 0.25) is 5.15 Å². The number of halogens is 1. The zero-order valence-electron chi connectivity index (χ0n) is 18.0. The van der Waals surface area contributed by atoms with E-state index in [-0.39, 0.29) is 15.6 Å². The lowest BCUT2D eigenvalue weighted by molar-refractivity contribution is 0.0815. The molecule has 2 aliphatic carbocycles. The van der Waals surface area contributed by atoms with Crippen molar-refractivity contribution in [3.63, 3.8) is 0 Å². The fourth-order valence-corrected chi connectivity index (χ4v) is 5.79. The van der Waals surface area contributed by atoms with Crippen molar-refractivity contribution in [1.29, 1.82) is 0 Å². The maximum absolute atomic E-state index is 12.6. The number of aryl methyl sites for hydroxylation is 1. The van der Waals surface area contributed by atoms with Crippen LogP contribution in [0.25, 0.3) is 5.82 Å². The minimum atomic E-state index is -4.05. The highest BCUT2D eigenvalue weighted by molar-refractivity contribution is 7.90. The highest BCUT2D eigenvalue weighted by atomic mass is 35.5. The number of hydrogen-bond acceptors (Lipinski definition) is 6. The Kier molecular flexibility index (Phi) is 5.41. The van der Waals surface area contributed by atoms with E-state index in [0.29, 0.717) is 35.2 Å². The average Bonchev–Trinajstić information content (AvgIpc) is 3.47. The Balaban J connectivity index is 1.27. The largest absolute Gasteiger partial charge is 0.476 e. The number of nitrogens with one attached hydrogen (secondary N) is 1. The molecule has 10 heteroatoms. The van der Waals surface area contributed by atoms with Gasteiger partial charge in [0.2, 0.25) is 5.88 Å². The van der Waals surface area contributed by atoms with Crippen LogP contribution in [0.4, 0.5) is 0 Å². The molecule has 2 heterocycles. The normalized spacial score (nSPS) is 18.5. The van der Waals surface area contributed by atoms with Crippen LogP contribution in [0.1, 0.15) is 41.6 Å². The molecule has 2 saturated carbocycles. The van der Waals surface area contributed by atoms with Gasteiger partial charge in [0.1, 0.15) is 5.15 Å². The Hall–Kier alpha value is -2.91. The highest BCUT2D eigenvalue weighted by Gasteiger charge is 2.55. The molecule has 0 radical (unpaired) electrons. The molecule has 2 aliphatic rings. The van der Waals surface area contributed by atoms with Crippen LogP contribution >= 0.6 is 11.6 Å². The minimum Gasteiger partial charge on any atom is -0.476 e. The first kappa shape index (κ1) is 21.9. The Bertz CT molecular complexity index is 1330. The van der Waals surface area contributed by atoms with Gasteiger partial charge in [-0.05, 0) is 67.7 Å². The fourth-order valence-electron chi connectivity index (χ4n) is 4.34. The fraction of sp³-hybridized carbons (Fsp3) is 0.348. The molecule has 1 amide bonds. The lowest BCUT2D eigenvalue weighted by Crippen LogP contribution is -2.32. The van der Waals surface area contributed by atoms with Gasteiger partial charge in [0.05, 0.1) is 17.1 Å². The summed E-state index contributed by atoms with van der Waals surface area (Å²) in [5, 5.41) is 4.25. The van der Waals surface area contributed by atoms with Crippen LogP contribution in [0, 0.1) is 18.3 Å². The predicted octanol–water partition coefficient (Wildman–Crippen LogP) is 3.92. The Morgan fingerprint density at radius 1 is 1.21 bits per heavy atom. The summed E-state index contributed by atoms with van der Waals surface area (Å²) in [4.78, 5) is 16.8. The number of hydrogen-bond donors (Lipinski definition) is 1. The molecule has 5 rings (SSSR count). The summed E-state index contributed by atoms with van der Waals surface area (Å²) in [5.41, 5.74) is 1.01. The number of carbonyl (C=O) groups is 1. The quantitative estimate of drug-likeness (QED) is 0.508. The molecule has 1 N–H and O–H groups in total. The molecule has 8 nitrogen and oxygen atoms in total. The van der Waals surface area contributed by atoms with E-state index in [2.05, 4.69) is 14.8 Å². The third-order valence-electron chi connectivity index (χ3n) is 6.67. The van der Waals surface area contributed by atoms with Crippen molar-refractivity contribution in [2.24, 2.45) is 11.3 Å². The molecular formula is C23H23ClN4O4S. The molecule has 33 heavy (non-hydrogen) atoms. The second-order valence-electron chi connectivity index (χ2n) is 8.72. The summed E-state index contributed by atoms with van der Waals surface area (Å²) < 4.78 is 34.6. The van der Waals surface area contributed by atoms with E-state index in [0.717, 1.165) is 0 Å². The van der Waals surface area contributed by atoms with Crippen LogP contribution < -0.4 is 9.46 Å². The summed E-state index contributed by atoms with van der Waals surface area (Å²) >= 11 is 6.22. The van der Waals surface area contributed by atoms with Crippen molar-refractivity contribution in [3.05, 3.63) is 64.9 Å². The van der Waals surface area contributed by atoms with Gasteiger partial charge in [-0.15, -0.1) is 5.10 Å². The molecule has 0 bridgehead atoms. The maximum atomic E-state index is 12.6. The summed E-state index contributed by atoms with van der Waals surface area (Å²) in [6, 6.07) is 11.1. The van der Waals surface area contributed by atoms with Crippen molar-refractivity contribution in [2.45, 2.75) is 37.5 Å². The number of carbonyl (C=O) groups excluding carboxylic acids is 1. The lowest BCUT2D eigenvalue weighted by atomic mass is 9.71. The van der Waals surface area contributed by atoms with Crippen LogP contribution in [0.15, 0.2) is 53.6 Å². The smallest absolute Gasteiger partial charge is 0.268 e. The first-order chi connectivity index (χ1) is 15.8. The zero-order valence-corrected chi connectivity index (χ0v) is 19.6. The molecule has 0 aliphatic heterocycles. The predicted molar refractivity (Wildman–Crippen MR) is 122 cm³/mol. The second-order valence-corrected chi connectivity index (χ2v) is 10.7. The summed E-state index contributed by atoms with van der Waals surface area (Å²) in [6.45, 7) is 2.32. The van der Waals surface area contributed by atoms with E-state index in [9.17, 15) is 13.2 Å². The molecule has 1 atom stereocenters. The van der Waals surface area contributed by atoms with Crippen LogP contribution in [0.3, 0.4) is 0 Å². The number of aromatic nitrogens is 3. The van der Waals surface area contributed by atoms with Gasteiger partial charge in [0, 0.05) is 12.3 Å². The van der Waals surface area contributed by atoms with Gasteiger partial charge >= 0.3 is 0 Å². The number of benzene rings is 1. The topological polar surface area (TPSA) is 103 Å². The Labute approximate surface area is 197 Å². The van der Waals surface area contributed by atoms with E-state index in [1.165, 1.54) is 42.5 Å². The van der Waals surface area contributed by atoms with Crippen LogP contribution in [0.5, 0.6) is 5.88 Å². The van der Waals surface area contributed by atoms with Gasteiger partial charge < -0.3 is 4.74 Å². The van der Waals surface area contributed by atoms with Gasteiger partial charge in [0.25, 0.3) is 15.9 Å². The van der Waals surface area contributed by atoms with Crippen molar-refractivity contribution < 1.29 is 17.9 Å². The monoisotopic (exact) mass is 486 g/mol. The van der Waals surface area contributed by atoms with E-state index in [1.807, 2.05) is 0 Å². The molecule has 0 saturated heterocycles. The van der Waals surface area contributed by atoms with Gasteiger partial charge in [-0.1, -0.05) is 29.8 Å². The first-order valence-corrected chi connectivity index (χ1v) is 12.6. The van der Waals surface area contributed by atoms with Gasteiger partial charge in [-0.3, -0.25) is 4.79 Å². The molecule has 3 aromatic rings. The summed E-state index contributed by atoms with van der Waals surface area (Å²) in [7, 11) is -4.05. The molecule has 2 aromatic heterocycles. The molecule has 1 unspecified atom stereocenters. The third-order valence-corrected chi connectivity index (χ3v) is 8.45. The van der Waals surface area contributed by atoms with E-state index < -0.39 is 15.9 Å². The minimum absolute atomic E-state index is 0.0256. The SMILES string of the molecule is Cc1ccccc1S(=O)(=O)NC(=O)c1ccc(-n2ccc(OCC3CCC34CC4)n2)nc1Cl. The highest BCUT2D eigenvalue weighted by Crippen LogP contribution is 2.64. The summed E-state index contributed by atoms with van der Waals surface area (Å²) in [5.74, 6) is 0.641. The van der Waals surface area contributed by atoms with Gasteiger partial charge in [-0.25, -0.2) is 22.8 Å². The first-order valence-electron chi connectivity index (χ1n) is 10.8. The number of amides is 1. The summed E-state index contributed by atoms with van der Waals surface area (Å²) in [6.07, 6.45) is 6.84. The molecule has 1 spiro atoms. The Morgan fingerprint density at radius 3 is 2.67 bits per heavy atom. The molecule has 2 fully saturated rings. The number of nitrogens with zero attached hydrogens (tertiary/aromatic N) is 3. The third kappa shape index (κ3) is 4.22.